The van der Waals surface area contributed by atoms with Crippen molar-refractivity contribution in [3.05, 3.63) is 107 Å². The maximum absolute atomic E-state index is 14.2. The molecule has 0 radical (unpaired) electrons. The molecule has 0 amide bonds. The summed E-state index contributed by atoms with van der Waals surface area (Å²) in [6, 6.07) is 25.6. The van der Waals surface area contributed by atoms with Crippen LogP contribution < -0.4 is 9.80 Å². The number of nitrogens with zero attached hydrogens (tertiary/aromatic N) is 2. The topological polar surface area (TPSA) is 6.48 Å². The van der Waals surface area contributed by atoms with E-state index in [4.69, 9.17) is 0 Å². The van der Waals surface area contributed by atoms with Crippen LogP contribution in [0.25, 0.3) is 32.3 Å². The Morgan fingerprint density at radius 2 is 1.09 bits per heavy atom. The van der Waals surface area contributed by atoms with Crippen LogP contribution in [0.4, 0.5) is 49.1 Å². The molecule has 55 heavy (non-hydrogen) atoms. The summed E-state index contributed by atoms with van der Waals surface area (Å²) in [6.45, 7) is 9.12. The Morgan fingerprint density at radius 3 is 1.76 bits per heavy atom. The highest BCUT2D eigenvalue weighted by Gasteiger charge is 2.58. The van der Waals surface area contributed by atoms with E-state index < -0.39 is 34.4 Å². The van der Waals surface area contributed by atoms with Crippen LogP contribution in [0.1, 0.15) is 108 Å². The summed E-state index contributed by atoms with van der Waals surface area (Å²) in [6.07, 6.45) is -0.504. The number of alkyl halides is 6. The van der Waals surface area contributed by atoms with E-state index in [0.717, 1.165) is 124 Å². The van der Waals surface area contributed by atoms with Gasteiger partial charge in [0.05, 0.1) is 16.7 Å². The van der Waals surface area contributed by atoms with Crippen molar-refractivity contribution in [1.82, 2.24) is 0 Å². The second-order valence-electron chi connectivity index (χ2n) is 17.1. The fourth-order valence-corrected chi connectivity index (χ4v) is 11.0. The van der Waals surface area contributed by atoms with Crippen molar-refractivity contribution in [2.75, 3.05) is 16.3 Å². The fourth-order valence-electron chi connectivity index (χ4n) is 11.0. The molecule has 286 valence electrons. The van der Waals surface area contributed by atoms with Gasteiger partial charge < -0.3 is 9.80 Å². The van der Waals surface area contributed by atoms with E-state index in [1.165, 1.54) is 24.3 Å². The molecule has 2 aliphatic carbocycles. The van der Waals surface area contributed by atoms with Crippen molar-refractivity contribution in [2.24, 2.45) is 0 Å². The van der Waals surface area contributed by atoms with Gasteiger partial charge in [0, 0.05) is 45.5 Å². The normalized spacial score (nSPS) is 22.8. The van der Waals surface area contributed by atoms with Crippen LogP contribution in [-0.2, 0) is 23.2 Å². The highest BCUT2D eigenvalue weighted by molar-refractivity contribution is 6.27. The lowest BCUT2D eigenvalue weighted by Crippen LogP contribution is -2.54. The Bertz CT molecular complexity index is 2460. The van der Waals surface area contributed by atoms with Crippen molar-refractivity contribution in [2.45, 2.75) is 114 Å². The lowest BCUT2D eigenvalue weighted by Gasteiger charge is -2.50. The summed E-state index contributed by atoms with van der Waals surface area (Å²) in [7, 11) is 0. The molecule has 0 saturated heterocycles. The Hall–Kier alpha value is -4.46. The van der Waals surface area contributed by atoms with Crippen LogP contribution in [0, 0.1) is 0 Å². The van der Waals surface area contributed by atoms with E-state index in [1.54, 1.807) is 12.1 Å². The first-order valence-electron chi connectivity index (χ1n) is 19.8. The largest absolute Gasteiger partial charge is 0.416 e. The monoisotopic (exact) mass is 752 g/mol. The Kier molecular flexibility index (Phi) is 8.07. The van der Waals surface area contributed by atoms with E-state index >= 15 is 0 Å². The molecule has 2 atom stereocenters. The van der Waals surface area contributed by atoms with E-state index in [2.05, 4.69) is 86.0 Å². The van der Waals surface area contributed by atoms with E-state index in [1.807, 2.05) is 0 Å². The van der Waals surface area contributed by atoms with Crippen molar-refractivity contribution < 1.29 is 26.3 Å². The molecule has 2 nitrogen and oxygen atoms in total. The van der Waals surface area contributed by atoms with E-state index in [9.17, 15) is 26.3 Å². The van der Waals surface area contributed by atoms with Crippen LogP contribution in [0.2, 0.25) is 0 Å². The minimum Gasteiger partial charge on any atom is -0.341 e. The number of anilines is 4. The van der Waals surface area contributed by atoms with Gasteiger partial charge in [0.15, 0.2) is 0 Å². The summed E-state index contributed by atoms with van der Waals surface area (Å²) in [5.41, 5.74) is 2.54. The first-order valence-corrected chi connectivity index (χ1v) is 19.8. The molecule has 2 unspecified atom stereocenters. The Balaban J connectivity index is 1.25. The van der Waals surface area contributed by atoms with Gasteiger partial charge in [0.1, 0.15) is 0 Å². The van der Waals surface area contributed by atoms with Gasteiger partial charge in [-0.15, -0.1) is 0 Å². The molecular formula is C47H46F6N2. The molecule has 3 aliphatic rings. The lowest BCUT2D eigenvalue weighted by atomic mass is 9.61. The van der Waals surface area contributed by atoms with Gasteiger partial charge in [0.2, 0.25) is 0 Å². The minimum absolute atomic E-state index is 0.377. The lowest BCUT2D eigenvalue weighted by molar-refractivity contribution is -0.138. The van der Waals surface area contributed by atoms with Crippen LogP contribution >= 0.6 is 0 Å². The number of halogens is 6. The molecule has 6 aromatic carbocycles. The van der Waals surface area contributed by atoms with Gasteiger partial charge in [-0.2, -0.15) is 26.3 Å². The third kappa shape index (κ3) is 5.29. The van der Waals surface area contributed by atoms with Gasteiger partial charge in [-0.05, 0) is 126 Å². The molecule has 0 bridgehead atoms. The molecule has 0 aromatic heterocycles. The third-order valence-corrected chi connectivity index (χ3v) is 14.1. The smallest absolute Gasteiger partial charge is 0.341 e. The van der Waals surface area contributed by atoms with Gasteiger partial charge in [0.25, 0.3) is 0 Å². The van der Waals surface area contributed by atoms with Gasteiger partial charge in [-0.3, -0.25) is 0 Å². The van der Waals surface area contributed by atoms with Crippen molar-refractivity contribution in [3.63, 3.8) is 0 Å². The zero-order chi connectivity index (χ0) is 38.7. The highest BCUT2D eigenvalue weighted by Crippen LogP contribution is 2.62. The SMILES string of the molecule is CCN(c1ccc(C(F)(F)F)cc1C1(C)CCCCC1)c1ccc2ccc3c(N4c5ccc(C(F)(F)F)cc5C5(C)CCCCC45C)ccc4ccc1c2c43. The van der Waals surface area contributed by atoms with Crippen molar-refractivity contribution >= 4 is 55.1 Å². The molecule has 1 aliphatic heterocycles. The van der Waals surface area contributed by atoms with Crippen LogP contribution in [0.5, 0.6) is 0 Å². The predicted molar refractivity (Wildman–Crippen MR) is 213 cm³/mol. The molecule has 8 heteroatoms. The molecule has 0 N–H and O–H groups in total. The second-order valence-corrected chi connectivity index (χ2v) is 17.1. The zero-order valence-electron chi connectivity index (χ0n) is 31.8. The number of fused-ring (bicyclic) bond motifs is 3. The van der Waals surface area contributed by atoms with Gasteiger partial charge >= 0.3 is 12.4 Å². The highest BCUT2D eigenvalue weighted by atomic mass is 19.4. The van der Waals surface area contributed by atoms with Crippen LogP contribution in [0.3, 0.4) is 0 Å². The fraction of sp³-hybridized carbons (Fsp3) is 0.404. The Labute approximate surface area is 318 Å². The van der Waals surface area contributed by atoms with E-state index in [-0.39, 0.29) is 5.41 Å². The number of hydrogen-bond acceptors (Lipinski definition) is 2. The molecular weight excluding hydrogens is 707 g/mol. The summed E-state index contributed by atoms with van der Waals surface area (Å²) in [5.74, 6) is 0. The molecule has 1 heterocycles. The summed E-state index contributed by atoms with van der Waals surface area (Å²) in [4.78, 5) is 4.53. The molecule has 2 saturated carbocycles. The average molecular weight is 753 g/mol. The molecule has 9 rings (SSSR count). The third-order valence-electron chi connectivity index (χ3n) is 14.1. The summed E-state index contributed by atoms with van der Waals surface area (Å²) in [5, 5.41) is 6.32. The standard InChI is InChI=1S/C47H46F6N2/c1-5-54(39-21-15-31(46(48,49)50)27-35(39)43(2)23-7-6-8-24-43)37-19-13-29-12-18-34-38(20-14-30-11-17-33(37)41(29)42(30)34)55-40-22-16-32(47(51,52)53)28-36(40)44(3)25-9-10-26-45(44,55)4/h11-22,27-28H,5-10,23-26H2,1-4H3. The summed E-state index contributed by atoms with van der Waals surface area (Å²) >= 11 is 0. The van der Waals surface area contributed by atoms with Crippen LogP contribution in [0.15, 0.2) is 84.9 Å². The second kappa shape index (κ2) is 12.3. The molecule has 2 fully saturated rings. The first kappa shape index (κ1) is 36.2. The number of rotatable bonds is 5. The zero-order valence-corrected chi connectivity index (χ0v) is 31.8. The van der Waals surface area contributed by atoms with Gasteiger partial charge in [-0.1, -0.05) is 82.3 Å². The van der Waals surface area contributed by atoms with Crippen LogP contribution in [-0.4, -0.2) is 12.1 Å². The molecule has 6 aromatic rings. The minimum atomic E-state index is -4.44. The van der Waals surface area contributed by atoms with E-state index in [0.29, 0.717) is 6.54 Å². The summed E-state index contributed by atoms with van der Waals surface area (Å²) < 4.78 is 85.0. The van der Waals surface area contributed by atoms with Crippen molar-refractivity contribution in [1.29, 1.82) is 0 Å². The van der Waals surface area contributed by atoms with Gasteiger partial charge in [-0.25, -0.2) is 0 Å². The van der Waals surface area contributed by atoms with Crippen molar-refractivity contribution in [3.8, 4) is 0 Å². The molecule has 0 spiro atoms. The Morgan fingerprint density at radius 1 is 0.564 bits per heavy atom. The number of hydrogen-bond donors (Lipinski definition) is 0. The quantitative estimate of drug-likeness (QED) is 0.128. The first-order chi connectivity index (χ1) is 26.1. The maximum atomic E-state index is 14.2. The predicted octanol–water partition coefficient (Wildman–Crippen LogP) is 14.7. The average Bonchev–Trinajstić information content (AvgIpc) is 3.36. The maximum Gasteiger partial charge on any atom is 0.416 e. The number of benzene rings is 6.